The van der Waals surface area contributed by atoms with Gasteiger partial charge in [-0.1, -0.05) is 54.1 Å². The van der Waals surface area contributed by atoms with E-state index in [9.17, 15) is 9.59 Å². The summed E-state index contributed by atoms with van der Waals surface area (Å²) in [5.74, 6) is -0.421. The van der Waals surface area contributed by atoms with Crippen LogP contribution in [0.2, 0.25) is 0 Å². The topological polar surface area (TPSA) is 55.4 Å². The fourth-order valence-electron chi connectivity index (χ4n) is 2.73. The second-order valence-corrected chi connectivity index (χ2v) is 6.15. The lowest BCUT2D eigenvalue weighted by Gasteiger charge is -2.19. The Morgan fingerprint density at radius 3 is 2.48 bits per heavy atom. The van der Waals surface area contributed by atoms with Crippen LogP contribution in [0.5, 0.6) is 0 Å². The fourth-order valence-corrected chi connectivity index (χ4v) is 2.73. The lowest BCUT2D eigenvalue weighted by Crippen LogP contribution is -2.32. The van der Waals surface area contributed by atoms with Crippen molar-refractivity contribution in [2.45, 2.75) is 39.7 Å². The maximum absolute atomic E-state index is 12.5. The lowest BCUT2D eigenvalue weighted by atomic mass is 10.0. The Balaban J connectivity index is 2.11. The molecule has 132 valence electrons. The van der Waals surface area contributed by atoms with E-state index < -0.39 is 6.04 Å². The van der Waals surface area contributed by atoms with Gasteiger partial charge in [-0.2, -0.15) is 0 Å². The van der Waals surface area contributed by atoms with Crippen molar-refractivity contribution in [2.75, 3.05) is 6.61 Å². The lowest BCUT2D eigenvalue weighted by molar-refractivity contribution is -0.143. The molecule has 1 N–H and O–H groups in total. The van der Waals surface area contributed by atoms with Gasteiger partial charge in [0.25, 0.3) is 0 Å². The third kappa shape index (κ3) is 5.75. The molecule has 0 bridgehead atoms. The largest absolute Gasteiger partial charge is 0.466 e. The Hall–Kier alpha value is -2.62. The summed E-state index contributed by atoms with van der Waals surface area (Å²) in [4.78, 5) is 24.4. The van der Waals surface area contributed by atoms with Crippen LogP contribution in [0.4, 0.5) is 0 Å². The number of esters is 1. The highest BCUT2D eigenvalue weighted by atomic mass is 16.5. The highest BCUT2D eigenvalue weighted by Gasteiger charge is 2.19. The molecule has 0 saturated carbocycles. The van der Waals surface area contributed by atoms with E-state index in [1.165, 1.54) is 0 Å². The van der Waals surface area contributed by atoms with Crippen LogP contribution in [-0.4, -0.2) is 18.5 Å². The molecule has 2 aromatic carbocycles. The highest BCUT2D eigenvalue weighted by Crippen LogP contribution is 2.18. The summed E-state index contributed by atoms with van der Waals surface area (Å²) in [5, 5.41) is 2.98. The van der Waals surface area contributed by atoms with Crippen molar-refractivity contribution in [2.24, 2.45) is 0 Å². The predicted molar refractivity (Wildman–Crippen MR) is 98.2 cm³/mol. The molecule has 0 aliphatic heterocycles. The first-order valence-electron chi connectivity index (χ1n) is 8.55. The molecule has 1 unspecified atom stereocenters. The first-order valence-corrected chi connectivity index (χ1v) is 8.55. The number of hydrogen-bond acceptors (Lipinski definition) is 3. The van der Waals surface area contributed by atoms with E-state index in [4.69, 9.17) is 4.74 Å². The van der Waals surface area contributed by atoms with E-state index in [-0.39, 0.29) is 18.3 Å². The van der Waals surface area contributed by atoms with Crippen molar-refractivity contribution in [3.63, 3.8) is 0 Å². The van der Waals surface area contributed by atoms with Crippen LogP contribution in [0, 0.1) is 13.8 Å². The van der Waals surface area contributed by atoms with Gasteiger partial charge in [0.2, 0.25) is 5.91 Å². The second-order valence-electron chi connectivity index (χ2n) is 6.15. The van der Waals surface area contributed by atoms with Gasteiger partial charge >= 0.3 is 5.97 Å². The van der Waals surface area contributed by atoms with Gasteiger partial charge in [-0.15, -0.1) is 0 Å². The Kier molecular flexibility index (Phi) is 6.75. The van der Waals surface area contributed by atoms with E-state index in [1.54, 1.807) is 6.92 Å². The molecule has 1 atom stereocenters. The summed E-state index contributed by atoms with van der Waals surface area (Å²) < 4.78 is 5.04. The zero-order chi connectivity index (χ0) is 18.2. The van der Waals surface area contributed by atoms with Crippen molar-refractivity contribution in [1.82, 2.24) is 5.32 Å². The quantitative estimate of drug-likeness (QED) is 0.783. The van der Waals surface area contributed by atoms with Gasteiger partial charge in [0.1, 0.15) is 0 Å². The van der Waals surface area contributed by atoms with Crippen LogP contribution in [-0.2, 0) is 20.7 Å². The van der Waals surface area contributed by atoms with Crippen LogP contribution in [0.25, 0.3) is 0 Å². The standard InChI is InChI=1S/C21H25NO3/c1-4-25-21(24)14-19(17-8-6-5-7-9-17)22-20(23)13-18-12-15(2)10-11-16(18)3/h5-12,19H,4,13-14H2,1-3H3,(H,22,23). The molecule has 0 aromatic heterocycles. The van der Waals surface area contributed by atoms with Crippen molar-refractivity contribution in [3.05, 3.63) is 70.8 Å². The first kappa shape index (κ1) is 18.7. The molecule has 0 heterocycles. The number of amides is 1. The Bertz CT molecular complexity index is 725. The molecule has 4 heteroatoms. The summed E-state index contributed by atoms with van der Waals surface area (Å²) >= 11 is 0. The third-order valence-electron chi connectivity index (χ3n) is 4.07. The minimum absolute atomic E-state index is 0.105. The van der Waals surface area contributed by atoms with Gasteiger partial charge in [-0.25, -0.2) is 0 Å². The van der Waals surface area contributed by atoms with Crippen LogP contribution in [0.3, 0.4) is 0 Å². The van der Waals surface area contributed by atoms with Crippen molar-refractivity contribution >= 4 is 11.9 Å². The van der Waals surface area contributed by atoms with Crippen LogP contribution < -0.4 is 5.32 Å². The number of rotatable bonds is 7. The van der Waals surface area contributed by atoms with Gasteiger partial charge in [-0.3, -0.25) is 9.59 Å². The van der Waals surface area contributed by atoms with Gasteiger partial charge < -0.3 is 10.1 Å². The molecular weight excluding hydrogens is 314 g/mol. The molecule has 0 fully saturated rings. The van der Waals surface area contributed by atoms with Gasteiger partial charge in [0.05, 0.1) is 25.5 Å². The smallest absolute Gasteiger partial charge is 0.308 e. The molecule has 4 nitrogen and oxygen atoms in total. The van der Waals surface area contributed by atoms with Crippen molar-refractivity contribution in [1.29, 1.82) is 0 Å². The minimum Gasteiger partial charge on any atom is -0.466 e. The first-order chi connectivity index (χ1) is 12.0. The number of nitrogens with one attached hydrogen (secondary N) is 1. The zero-order valence-electron chi connectivity index (χ0n) is 15.0. The number of hydrogen-bond donors (Lipinski definition) is 1. The summed E-state index contributed by atoms with van der Waals surface area (Å²) in [6, 6.07) is 15.2. The zero-order valence-corrected chi connectivity index (χ0v) is 15.0. The molecule has 0 aliphatic carbocycles. The number of carbonyl (C=O) groups excluding carboxylic acids is 2. The average molecular weight is 339 g/mol. The molecule has 2 aromatic rings. The van der Waals surface area contributed by atoms with E-state index in [2.05, 4.69) is 5.32 Å². The molecule has 2 rings (SSSR count). The third-order valence-corrected chi connectivity index (χ3v) is 4.07. The van der Waals surface area contributed by atoms with E-state index >= 15 is 0 Å². The number of aryl methyl sites for hydroxylation is 2. The van der Waals surface area contributed by atoms with E-state index in [0.29, 0.717) is 13.0 Å². The van der Waals surface area contributed by atoms with E-state index in [0.717, 1.165) is 22.3 Å². The summed E-state index contributed by atoms with van der Waals surface area (Å²) in [5.41, 5.74) is 4.10. The average Bonchev–Trinajstić information content (AvgIpc) is 2.58. The molecule has 25 heavy (non-hydrogen) atoms. The van der Waals surface area contributed by atoms with Crippen molar-refractivity contribution in [3.8, 4) is 0 Å². The van der Waals surface area contributed by atoms with Gasteiger partial charge in [0.15, 0.2) is 0 Å². The number of ether oxygens (including phenoxy) is 1. The monoisotopic (exact) mass is 339 g/mol. The molecule has 0 radical (unpaired) electrons. The molecule has 0 aliphatic rings. The van der Waals surface area contributed by atoms with Gasteiger partial charge in [-0.05, 0) is 37.5 Å². The number of carbonyl (C=O) groups is 2. The predicted octanol–water partition coefficient (Wildman–Crippen LogP) is 3.66. The molecule has 0 spiro atoms. The molecule has 1 amide bonds. The summed E-state index contributed by atoms with van der Waals surface area (Å²) in [6.07, 6.45) is 0.413. The van der Waals surface area contributed by atoms with Gasteiger partial charge in [0, 0.05) is 0 Å². The van der Waals surface area contributed by atoms with Crippen LogP contribution in [0.15, 0.2) is 48.5 Å². The number of benzene rings is 2. The highest BCUT2D eigenvalue weighted by molar-refractivity contribution is 5.80. The van der Waals surface area contributed by atoms with Crippen LogP contribution >= 0.6 is 0 Å². The maximum Gasteiger partial charge on any atom is 0.308 e. The molecular formula is C21H25NO3. The van der Waals surface area contributed by atoms with Crippen LogP contribution in [0.1, 0.15) is 41.6 Å². The Morgan fingerprint density at radius 2 is 1.80 bits per heavy atom. The van der Waals surface area contributed by atoms with E-state index in [1.807, 2.05) is 62.4 Å². The minimum atomic E-state index is -0.391. The summed E-state index contributed by atoms with van der Waals surface area (Å²) in [7, 11) is 0. The van der Waals surface area contributed by atoms with Crippen molar-refractivity contribution < 1.29 is 14.3 Å². The Labute approximate surface area is 149 Å². The Morgan fingerprint density at radius 1 is 1.08 bits per heavy atom. The fraction of sp³-hybridized carbons (Fsp3) is 0.333. The SMILES string of the molecule is CCOC(=O)CC(NC(=O)Cc1cc(C)ccc1C)c1ccccc1. The summed E-state index contributed by atoms with van der Waals surface area (Å²) in [6.45, 7) is 6.11. The maximum atomic E-state index is 12.5. The molecule has 0 saturated heterocycles. The second kappa shape index (κ2) is 9.02. The normalized spacial score (nSPS) is 11.6.